The predicted molar refractivity (Wildman–Crippen MR) is 127 cm³/mol. The molecule has 2 heterocycles. The van der Waals surface area contributed by atoms with E-state index in [0.717, 1.165) is 35.1 Å². The summed E-state index contributed by atoms with van der Waals surface area (Å²) >= 11 is 0. The monoisotopic (exact) mass is 474 g/mol. The molecule has 0 spiro atoms. The van der Waals surface area contributed by atoms with Crippen LogP contribution in [0.15, 0.2) is 65.1 Å². The smallest absolute Gasteiger partial charge is 0.407 e. The quantitative estimate of drug-likeness (QED) is 0.548. The maximum absolute atomic E-state index is 12.8. The minimum Gasteiger partial charge on any atom is -0.480 e. The largest absolute Gasteiger partial charge is 0.480 e. The van der Waals surface area contributed by atoms with Gasteiger partial charge in [0.05, 0.1) is 6.54 Å². The van der Waals surface area contributed by atoms with Crippen molar-refractivity contribution in [3.8, 4) is 11.1 Å². The van der Waals surface area contributed by atoms with Gasteiger partial charge < -0.3 is 24.5 Å². The number of carbonyl (C=O) groups is 3. The SMILES string of the molecule is O=C(NCc1ccc(C(=O)N2CCCC[C@@H]2C(=O)O)o1)OCC1c2ccccc2-c2ccccc21. The molecular weight excluding hydrogens is 448 g/mol. The second-order valence-electron chi connectivity index (χ2n) is 8.79. The standard InChI is InChI=1S/C27H26N2O6/c30-25(29-14-6-5-11-23(29)26(31)32)24-13-12-17(35-24)15-28-27(33)34-16-22-20-9-3-1-7-18(20)19-8-2-4-10-21(19)22/h1-4,7-10,12-13,22-23H,5-6,11,14-16H2,(H,28,33)(H,31,32)/t23-/m1/s1. The van der Waals surface area contributed by atoms with Crippen LogP contribution < -0.4 is 5.32 Å². The summed E-state index contributed by atoms with van der Waals surface area (Å²) in [5, 5.41) is 12.1. The lowest BCUT2D eigenvalue weighted by Gasteiger charge is -2.32. The molecule has 2 aromatic carbocycles. The molecule has 0 saturated carbocycles. The van der Waals surface area contributed by atoms with E-state index in [1.54, 1.807) is 6.07 Å². The summed E-state index contributed by atoms with van der Waals surface area (Å²) in [6, 6.07) is 18.5. The molecule has 2 amide bonds. The van der Waals surface area contributed by atoms with E-state index in [1.165, 1.54) is 11.0 Å². The summed E-state index contributed by atoms with van der Waals surface area (Å²) in [5.74, 6) is -1.06. The Morgan fingerprint density at radius 3 is 2.34 bits per heavy atom. The summed E-state index contributed by atoms with van der Waals surface area (Å²) in [5.41, 5.74) is 4.58. The lowest BCUT2D eigenvalue weighted by molar-refractivity contribution is -0.143. The highest BCUT2D eigenvalue weighted by atomic mass is 16.5. The van der Waals surface area contributed by atoms with Crippen molar-refractivity contribution in [2.45, 2.75) is 37.8 Å². The Labute approximate surface area is 202 Å². The number of ether oxygens (including phenoxy) is 1. The van der Waals surface area contributed by atoms with Crippen molar-refractivity contribution < 1.29 is 28.6 Å². The first-order valence-corrected chi connectivity index (χ1v) is 11.7. The molecule has 0 unspecified atom stereocenters. The lowest BCUT2D eigenvalue weighted by atomic mass is 9.98. The second kappa shape index (κ2) is 9.66. The molecule has 1 aliphatic carbocycles. The number of furan rings is 1. The third-order valence-corrected chi connectivity index (χ3v) is 6.67. The van der Waals surface area contributed by atoms with Gasteiger partial charge in [0.25, 0.3) is 5.91 Å². The molecular formula is C27H26N2O6. The van der Waals surface area contributed by atoms with Gasteiger partial charge in [0.2, 0.25) is 0 Å². The third kappa shape index (κ3) is 4.51. The Kier molecular flexibility index (Phi) is 6.27. The maximum Gasteiger partial charge on any atom is 0.407 e. The number of alkyl carbamates (subject to hydrolysis) is 1. The Balaban J connectivity index is 1.17. The van der Waals surface area contributed by atoms with Crippen LogP contribution >= 0.6 is 0 Å². The molecule has 5 rings (SSSR count). The molecule has 0 bridgehead atoms. The van der Waals surface area contributed by atoms with Gasteiger partial charge in [-0.2, -0.15) is 0 Å². The van der Waals surface area contributed by atoms with Crippen LogP contribution in [0.2, 0.25) is 0 Å². The van der Waals surface area contributed by atoms with E-state index in [0.29, 0.717) is 18.7 Å². The molecule has 8 heteroatoms. The van der Waals surface area contributed by atoms with E-state index >= 15 is 0 Å². The van der Waals surface area contributed by atoms with Crippen LogP contribution in [0.1, 0.15) is 52.6 Å². The molecule has 1 fully saturated rings. The van der Waals surface area contributed by atoms with Crippen LogP contribution in [0, 0.1) is 0 Å². The van der Waals surface area contributed by atoms with Gasteiger partial charge in [-0.05, 0) is 53.6 Å². The number of hydrogen-bond acceptors (Lipinski definition) is 5. The number of nitrogens with one attached hydrogen (secondary N) is 1. The van der Waals surface area contributed by atoms with Crippen LogP contribution in [0.5, 0.6) is 0 Å². The molecule has 2 N–H and O–H groups in total. The average molecular weight is 475 g/mol. The van der Waals surface area contributed by atoms with Crippen LogP contribution in [0.4, 0.5) is 4.79 Å². The zero-order valence-electron chi connectivity index (χ0n) is 19.1. The summed E-state index contributed by atoms with van der Waals surface area (Å²) < 4.78 is 11.1. The molecule has 180 valence electrons. The van der Waals surface area contributed by atoms with Crippen molar-refractivity contribution in [2.24, 2.45) is 0 Å². The molecule has 2 aliphatic rings. The number of aliphatic carboxylic acids is 1. The van der Waals surface area contributed by atoms with Gasteiger partial charge in [-0.25, -0.2) is 9.59 Å². The summed E-state index contributed by atoms with van der Waals surface area (Å²) in [6.45, 7) is 0.628. The Morgan fingerprint density at radius 2 is 1.66 bits per heavy atom. The minimum absolute atomic E-state index is 0.0345. The third-order valence-electron chi connectivity index (χ3n) is 6.67. The number of amides is 2. The number of hydrogen-bond donors (Lipinski definition) is 2. The van der Waals surface area contributed by atoms with Crippen molar-refractivity contribution in [3.63, 3.8) is 0 Å². The topological polar surface area (TPSA) is 109 Å². The number of benzene rings is 2. The molecule has 1 saturated heterocycles. The highest BCUT2D eigenvalue weighted by Gasteiger charge is 2.34. The summed E-state index contributed by atoms with van der Waals surface area (Å²) in [6.07, 6.45) is 1.37. The molecule has 0 radical (unpaired) electrons. The average Bonchev–Trinajstić information content (AvgIpc) is 3.49. The van der Waals surface area contributed by atoms with E-state index in [-0.39, 0.29) is 24.8 Å². The van der Waals surface area contributed by atoms with E-state index in [1.807, 2.05) is 24.3 Å². The van der Waals surface area contributed by atoms with Gasteiger partial charge in [0.1, 0.15) is 18.4 Å². The molecule has 1 aromatic heterocycles. The highest BCUT2D eigenvalue weighted by molar-refractivity contribution is 5.94. The van der Waals surface area contributed by atoms with Gasteiger partial charge in [-0.3, -0.25) is 4.79 Å². The molecule has 35 heavy (non-hydrogen) atoms. The first-order chi connectivity index (χ1) is 17.0. The highest BCUT2D eigenvalue weighted by Crippen LogP contribution is 2.44. The van der Waals surface area contributed by atoms with Crippen molar-refractivity contribution in [1.82, 2.24) is 10.2 Å². The normalized spacial score (nSPS) is 16.9. The number of rotatable bonds is 6. The van der Waals surface area contributed by atoms with Crippen molar-refractivity contribution in [2.75, 3.05) is 13.2 Å². The molecule has 1 aliphatic heterocycles. The van der Waals surface area contributed by atoms with Gasteiger partial charge in [0, 0.05) is 12.5 Å². The van der Waals surface area contributed by atoms with Gasteiger partial charge in [0.15, 0.2) is 5.76 Å². The first kappa shape index (κ1) is 22.7. The van der Waals surface area contributed by atoms with E-state index < -0.39 is 24.0 Å². The number of nitrogens with zero attached hydrogens (tertiary/aromatic N) is 1. The van der Waals surface area contributed by atoms with E-state index in [2.05, 4.69) is 29.6 Å². The number of piperidine rings is 1. The van der Waals surface area contributed by atoms with Crippen LogP contribution in [0.3, 0.4) is 0 Å². The fraction of sp³-hybridized carbons (Fsp3) is 0.296. The fourth-order valence-corrected chi connectivity index (χ4v) is 4.97. The molecule has 3 aromatic rings. The number of carbonyl (C=O) groups excluding carboxylic acids is 2. The Hall–Kier alpha value is -4.07. The van der Waals surface area contributed by atoms with Crippen molar-refractivity contribution >= 4 is 18.0 Å². The van der Waals surface area contributed by atoms with Gasteiger partial charge >= 0.3 is 12.1 Å². The first-order valence-electron chi connectivity index (χ1n) is 11.7. The summed E-state index contributed by atoms with van der Waals surface area (Å²) in [7, 11) is 0. The van der Waals surface area contributed by atoms with Crippen molar-refractivity contribution in [3.05, 3.63) is 83.3 Å². The van der Waals surface area contributed by atoms with Gasteiger partial charge in [-0.15, -0.1) is 0 Å². The zero-order chi connectivity index (χ0) is 24.4. The maximum atomic E-state index is 12.8. The molecule has 8 nitrogen and oxygen atoms in total. The van der Waals surface area contributed by atoms with Crippen molar-refractivity contribution in [1.29, 1.82) is 0 Å². The van der Waals surface area contributed by atoms with Crippen LogP contribution in [0.25, 0.3) is 11.1 Å². The minimum atomic E-state index is -1.01. The predicted octanol–water partition coefficient (Wildman–Crippen LogP) is 4.40. The van der Waals surface area contributed by atoms with Gasteiger partial charge in [-0.1, -0.05) is 48.5 Å². The van der Waals surface area contributed by atoms with Crippen LogP contribution in [-0.4, -0.2) is 47.2 Å². The second-order valence-corrected chi connectivity index (χ2v) is 8.79. The van der Waals surface area contributed by atoms with E-state index in [9.17, 15) is 19.5 Å². The Morgan fingerprint density at radius 1 is 0.971 bits per heavy atom. The molecule has 1 atom stereocenters. The number of carboxylic acids is 1. The van der Waals surface area contributed by atoms with E-state index in [4.69, 9.17) is 9.15 Å². The number of fused-ring (bicyclic) bond motifs is 3. The number of carboxylic acid groups (broad SMARTS) is 1. The summed E-state index contributed by atoms with van der Waals surface area (Å²) in [4.78, 5) is 38.0. The Bertz CT molecular complexity index is 1220. The zero-order valence-corrected chi connectivity index (χ0v) is 19.1. The number of likely N-dealkylation sites (tertiary alicyclic amines) is 1. The fourth-order valence-electron chi connectivity index (χ4n) is 4.97. The van der Waals surface area contributed by atoms with Crippen LogP contribution in [-0.2, 0) is 16.1 Å². The lowest BCUT2D eigenvalue weighted by Crippen LogP contribution is -2.47.